The molecule has 0 aromatic heterocycles. The summed E-state index contributed by atoms with van der Waals surface area (Å²) in [5, 5.41) is 9.85. The minimum absolute atomic E-state index is 0. The molecule has 3 N–H and O–H groups in total. The fraction of sp³-hybridized carbons (Fsp3) is 0.652. The Balaban J connectivity index is 0.00000341. The fourth-order valence-electron chi connectivity index (χ4n) is 4.60. The minimum Gasteiger partial charge on any atom is -0.379 e. The average Bonchev–Trinajstić information content (AvgIpc) is 2.78. The van der Waals surface area contributed by atoms with E-state index < -0.39 is 0 Å². The number of carbonyl (C=O) groups is 1. The van der Waals surface area contributed by atoms with Crippen molar-refractivity contribution >= 4 is 41.5 Å². The number of guanidine groups is 1. The summed E-state index contributed by atoms with van der Waals surface area (Å²) in [5.41, 5.74) is 2.28. The summed E-state index contributed by atoms with van der Waals surface area (Å²) in [7, 11) is 1.83. The molecule has 7 nitrogen and oxygen atoms in total. The van der Waals surface area contributed by atoms with Gasteiger partial charge in [-0.15, -0.1) is 24.0 Å². The van der Waals surface area contributed by atoms with Crippen LogP contribution in [0.1, 0.15) is 44.6 Å². The first-order valence-electron chi connectivity index (χ1n) is 11.3. The van der Waals surface area contributed by atoms with Gasteiger partial charge in [0.05, 0.1) is 13.2 Å². The second-order valence-corrected chi connectivity index (χ2v) is 8.37. The van der Waals surface area contributed by atoms with Crippen LogP contribution in [-0.4, -0.2) is 68.7 Å². The SMILES string of the molecule is CN=C(NCCc1ccc(NC(C)=O)cc1)NCC1(N2CCOCC2)CCCCC1.I. The largest absolute Gasteiger partial charge is 0.379 e. The van der Waals surface area contributed by atoms with Crippen molar-refractivity contribution in [2.75, 3.05) is 51.8 Å². The van der Waals surface area contributed by atoms with Crippen LogP contribution in [0.2, 0.25) is 0 Å². The Morgan fingerprint density at radius 1 is 1.10 bits per heavy atom. The predicted octanol–water partition coefficient (Wildman–Crippen LogP) is 3.01. The smallest absolute Gasteiger partial charge is 0.221 e. The summed E-state index contributed by atoms with van der Waals surface area (Å²) in [6, 6.07) is 8.00. The van der Waals surface area contributed by atoms with Gasteiger partial charge in [-0.2, -0.15) is 0 Å². The molecule has 2 fully saturated rings. The van der Waals surface area contributed by atoms with Crippen LogP contribution in [0.5, 0.6) is 0 Å². The van der Waals surface area contributed by atoms with Crippen molar-refractivity contribution in [3.05, 3.63) is 29.8 Å². The molecule has 8 heteroatoms. The quantitative estimate of drug-likeness (QED) is 0.280. The van der Waals surface area contributed by atoms with Crippen LogP contribution in [0, 0.1) is 0 Å². The Morgan fingerprint density at radius 2 is 1.77 bits per heavy atom. The standard InChI is InChI=1S/C23H37N5O2.HI/c1-19(29)27-21-8-6-20(7-9-21)10-13-25-22(24-2)26-18-23(11-4-3-5-12-23)28-14-16-30-17-15-28;/h6-9H,3-5,10-18H2,1-2H3,(H,27,29)(H2,24,25,26);1H. The van der Waals surface area contributed by atoms with Crippen LogP contribution < -0.4 is 16.0 Å². The molecule has 0 spiro atoms. The number of nitrogens with zero attached hydrogens (tertiary/aromatic N) is 2. The van der Waals surface area contributed by atoms with Crippen molar-refractivity contribution in [3.8, 4) is 0 Å². The highest BCUT2D eigenvalue weighted by Gasteiger charge is 2.38. The zero-order valence-electron chi connectivity index (χ0n) is 18.9. The number of carbonyl (C=O) groups excluding carboxylic acids is 1. The lowest BCUT2D eigenvalue weighted by molar-refractivity contribution is -0.114. The van der Waals surface area contributed by atoms with E-state index >= 15 is 0 Å². The number of ether oxygens (including phenoxy) is 1. The molecule has 31 heavy (non-hydrogen) atoms. The van der Waals surface area contributed by atoms with Gasteiger partial charge in [-0.3, -0.25) is 14.7 Å². The monoisotopic (exact) mass is 543 g/mol. The van der Waals surface area contributed by atoms with Crippen molar-refractivity contribution in [2.45, 2.75) is 51.0 Å². The second-order valence-electron chi connectivity index (χ2n) is 8.37. The molecule has 1 saturated carbocycles. The van der Waals surface area contributed by atoms with Crippen molar-refractivity contribution in [2.24, 2.45) is 4.99 Å². The van der Waals surface area contributed by atoms with Crippen LogP contribution >= 0.6 is 24.0 Å². The summed E-state index contributed by atoms with van der Waals surface area (Å²) in [6.07, 6.45) is 7.35. The molecule has 1 saturated heterocycles. The molecule has 2 aliphatic rings. The summed E-state index contributed by atoms with van der Waals surface area (Å²) in [6.45, 7) is 7.00. The van der Waals surface area contributed by atoms with Crippen molar-refractivity contribution in [3.63, 3.8) is 0 Å². The fourth-order valence-corrected chi connectivity index (χ4v) is 4.60. The number of benzene rings is 1. The van der Waals surface area contributed by atoms with Gasteiger partial charge < -0.3 is 20.7 Å². The first-order chi connectivity index (χ1) is 14.6. The first kappa shape index (κ1) is 25.9. The van der Waals surface area contributed by atoms with E-state index in [4.69, 9.17) is 4.74 Å². The Kier molecular flexibility index (Phi) is 11.0. The number of rotatable bonds is 7. The number of morpholine rings is 1. The third kappa shape index (κ3) is 7.91. The molecular formula is C23H38IN5O2. The molecule has 1 aliphatic carbocycles. The van der Waals surface area contributed by atoms with Crippen LogP contribution in [0.25, 0.3) is 0 Å². The number of amides is 1. The highest BCUT2D eigenvalue weighted by molar-refractivity contribution is 14.0. The second kappa shape index (κ2) is 13.2. The van der Waals surface area contributed by atoms with Gasteiger partial charge in [0.2, 0.25) is 5.91 Å². The normalized spacial score (nSPS) is 19.2. The van der Waals surface area contributed by atoms with Crippen LogP contribution in [0.15, 0.2) is 29.3 Å². The molecule has 1 amide bonds. The Labute approximate surface area is 203 Å². The third-order valence-electron chi connectivity index (χ3n) is 6.26. The van der Waals surface area contributed by atoms with Gasteiger partial charge in [-0.05, 0) is 37.0 Å². The molecule has 3 rings (SSSR count). The highest BCUT2D eigenvalue weighted by Crippen LogP contribution is 2.33. The van der Waals surface area contributed by atoms with Crippen LogP contribution in [0.4, 0.5) is 5.69 Å². The maximum atomic E-state index is 11.1. The lowest BCUT2D eigenvalue weighted by atomic mass is 9.80. The topological polar surface area (TPSA) is 78.0 Å². The number of halogens is 1. The molecule has 0 bridgehead atoms. The van der Waals surface area contributed by atoms with E-state index in [9.17, 15) is 4.79 Å². The summed E-state index contributed by atoms with van der Waals surface area (Å²) < 4.78 is 5.58. The van der Waals surface area contributed by atoms with Crippen LogP contribution in [0.3, 0.4) is 0 Å². The Hall–Kier alpha value is -1.39. The summed E-state index contributed by atoms with van der Waals surface area (Å²) >= 11 is 0. The zero-order valence-corrected chi connectivity index (χ0v) is 21.2. The van der Waals surface area contributed by atoms with E-state index in [0.29, 0.717) is 0 Å². The molecule has 1 aromatic carbocycles. The summed E-state index contributed by atoms with van der Waals surface area (Å²) in [4.78, 5) is 18.2. The minimum atomic E-state index is -0.0490. The maximum absolute atomic E-state index is 11.1. The molecule has 0 radical (unpaired) electrons. The van der Waals surface area contributed by atoms with E-state index in [-0.39, 0.29) is 35.4 Å². The molecule has 0 atom stereocenters. The molecule has 174 valence electrons. The van der Waals surface area contributed by atoms with E-state index in [0.717, 1.165) is 57.5 Å². The highest BCUT2D eigenvalue weighted by atomic mass is 127. The molecule has 1 aliphatic heterocycles. The van der Waals surface area contributed by atoms with Gasteiger partial charge in [0, 0.05) is 51.4 Å². The lowest BCUT2D eigenvalue weighted by Crippen LogP contribution is -2.60. The van der Waals surface area contributed by atoms with Crippen LogP contribution in [-0.2, 0) is 16.0 Å². The third-order valence-corrected chi connectivity index (χ3v) is 6.26. The number of hydrogen-bond donors (Lipinski definition) is 3. The van der Waals surface area contributed by atoms with Gasteiger partial charge >= 0.3 is 0 Å². The van der Waals surface area contributed by atoms with Gasteiger partial charge in [-0.1, -0.05) is 31.4 Å². The molecular weight excluding hydrogens is 505 g/mol. The number of anilines is 1. The van der Waals surface area contributed by atoms with Gasteiger partial charge in [0.1, 0.15) is 0 Å². The van der Waals surface area contributed by atoms with Gasteiger partial charge in [-0.25, -0.2) is 0 Å². The van der Waals surface area contributed by atoms with Crippen molar-refractivity contribution in [1.82, 2.24) is 15.5 Å². The van der Waals surface area contributed by atoms with E-state index in [1.165, 1.54) is 44.6 Å². The van der Waals surface area contributed by atoms with Crippen molar-refractivity contribution in [1.29, 1.82) is 0 Å². The van der Waals surface area contributed by atoms with Gasteiger partial charge in [0.25, 0.3) is 0 Å². The number of hydrogen-bond acceptors (Lipinski definition) is 4. The first-order valence-corrected chi connectivity index (χ1v) is 11.3. The Morgan fingerprint density at radius 3 is 2.39 bits per heavy atom. The molecule has 0 unspecified atom stereocenters. The van der Waals surface area contributed by atoms with E-state index in [1.807, 2.05) is 19.2 Å². The maximum Gasteiger partial charge on any atom is 0.221 e. The molecule has 1 aromatic rings. The number of nitrogens with one attached hydrogen (secondary N) is 3. The van der Waals surface area contributed by atoms with E-state index in [2.05, 4.69) is 38.0 Å². The zero-order chi connectivity index (χ0) is 21.2. The summed E-state index contributed by atoms with van der Waals surface area (Å²) in [5.74, 6) is 0.815. The molecule has 1 heterocycles. The Bertz CT molecular complexity index is 698. The average molecular weight is 543 g/mol. The number of aliphatic imine (C=N–C) groups is 1. The van der Waals surface area contributed by atoms with Crippen molar-refractivity contribution < 1.29 is 9.53 Å². The van der Waals surface area contributed by atoms with E-state index in [1.54, 1.807) is 0 Å². The van der Waals surface area contributed by atoms with Gasteiger partial charge in [0.15, 0.2) is 5.96 Å². The predicted molar refractivity (Wildman–Crippen MR) is 137 cm³/mol. The lowest BCUT2D eigenvalue weighted by Gasteiger charge is -2.48.